The van der Waals surface area contributed by atoms with Crippen LogP contribution in [0.3, 0.4) is 0 Å². The second-order valence-corrected chi connectivity index (χ2v) is 6.83. The molecular formula is C16H11ClN4O2S. The van der Waals surface area contributed by atoms with Gasteiger partial charge in [-0.05, 0) is 48.5 Å². The minimum Gasteiger partial charge on any atom is -0.360 e. The van der Waals surface area contributed by atoms with E-state index in [1.165, 1.54) is 17.8 Å². The van der Waals surface area contributed by atoms with Crippen LogP contribution in [0.15, 0.2) is 46.6 Å². The molecule has 0 fully saturated rings. The first-order chi connectivity index (χ1) is 11.5. The summed E-state index contributed by atoms with van der Waals surface area (Å²) in [5.41, 5.74) is 3.36. The van der Waals surface area contributed by atoms with E-state index < -0.39 is 0 Å². The van der Waals surface area contributed by atoms with Gasteiger partial charge in [0, 0.05) is 22.2 Å². The molecule has 0 spiro atoms. The van der Waals surface area contributed by atoms with E-state index in [2.05, 4.69) is 15.0 Å². The summed E-state index contributed by atoms with van der Waals surface area (Å²) >= 11 is 7.41. The summed E-state index contributed by atoms with van der Waals surface area (Å²) in [7, 11) is 0. The number of aromatic amines is 2. The van der Waals surface area contributed by atoms with Crippen molar-refractivity contribution in [1.29, 1.82) is 0 Å². The predicted molar refractivity (Wildman–Crippen MR) is 94.9 cm³/mol. The lowest BCUT2D eigenvalue weighted by Gasteiger charge is -2.02. The summed E-state index contributed by atoms with van der Waals surface area (Å²) < 4.78 is 0. The lowest BCUT2D eigenvalue weighted by molar-refractivity contribution is -0.383. The smallest absolute Gasteiger partial charge is 0.279 e. The molecule has 0 aliphatic heterocycles. The summed E-state index contributed by atoms with van der Waals surface area (Å²) in [5, 5.41) is 13.2. The van der Waals surface area contributed by atoms with E-state index in [1.807, 2.05) is 19.1 Å². The third kappa shape index (κ3) is 2.42. The molecule has 0 aliphatic rings. The van der Waals surface area contributed by atoms with Gasteiger partial charge in [0.2, 0.25) is 0 Å². The number of hydrogen-bond donors (Lipinski definition) is 2. The number of aromatic nitrogens is 3. The molecule has 8 heteroatoms. The molecule has 4 rings (SSSR count). The Kier molecular flexibility index (Phi) is 3.47. The van der Waals surface area contributed by atoms with E-state index in [4.69, 9.17) is 11.6 Å². The van der Waals surface area contributed by atoms with Crippen molar-refractivity contribution in [2.45, 2.75) is 17.0 Å². The standard InChI is InChI=1S/C16H11ClN4O2S/c1-8-7-18-15-13(5-4-12(14(8)15)21(22)23)24-16-19-10-3-2-9(17)6-11(10)20-16/h2-7,18H,1H3,(H,19,20). The zero-order valence-electron chi connectivity index (χ0n) is 12.5. The average Bonchev–Trinajstić information content (AvgIpc) is 3.11. The van der Waals surface area contributed by atoms with Gasteiger partial charge < -0.3 is 9.97 Å². The number of nitro groups is 1. The maximum atomic E-state index is 11.2. The number of nitrogens with one attached hydrogen (secondary N) is 2. The number of imidazole rings is 1. The van der Waals surface area contributed by atoms with Gasteiger partial charge >= 0.3 is 0 Å². The second-order valence-electron chi connectivity index (χ2n) is 5.37. The average molecular weight is 359 g/mol. The van der Waals surface area contributed by atoms with Gasteiger partial charge in [0.05, 0.1) is 26.9 Å². The molecule has 0 amide bonds. The number of non-ortho nitro benzene ring substituents is 1. The van der Waals surface area contributed by atoms with E-state index >= 15 is 0 Å². The van der Waals surface area contributed by atoms with Crippen molar-refractivity contribution in [3.05, 3.63) is 57.2 Å². The van der Waals surface area contributed by atoms with Crippen molar-refractivity contribution >= 4 is 51.0 Å². The van der Waals surface area contributed by atoms with E-state index in [0.29, 0.717) is 15.6 Å². The summed E-state index contributed by atoms with van der Waals surface area (Å²) in [6.45, 7) is 1.85. The highest BCUT2D eigenvalue weighted by Crippen LogP contribution is 2.38. The van der Waals surface area contributed by atoms with Gasteiger partial charge in [-0.1, -0.05) is 11.6 Å². The zero-order valence-corrected chi connectivity index (χ0v) is 14.0. The van der Waals surface area contributed by atoms with Crippen LogP contribution < -0.4 is 0 Å². The van der Waals surface area contributed by atoms with Crippen LogP contribution in [0.5, 0.6) is 0 Å². The number of halogens is 1. The summed E-state index contributed by atoms with van der Waals surface area (Å²) in [4.78, 5) is 22.6. The Bertz CT molecular complexity index is 1100. The quantitative estimate of drug-likeness (QED) is 0.395. The molecule has 0 aliphatic carbocycles. The van der Waals surface area contributed by atoms with Crippen molar-refractivity contribution in [3.63, 3.8) is 0 Å². The molecule has 0 saturated carbocycles. The van der Waals surface area contributed by atoms with Gasteiger partial charge in [-0.3, -0.25) is 10.1 Å². The molecular weight excluding hydrogens is 348 g/mol. The Morgan fingerprint density at radius 1 is 1.29 bits per heavy atom. The fourth-order valence-corrected chi connectivity index (χ4v) is 3.80. The van der Waals surface area contributed by atoms with E-state index in [9.17, 15) is 10.1 Å². The number of nitrogens with zero attached hydrogens (tertiary/aromatic N) is 2. The number of hydrogen-bond acceptors (Lipinski definition) is 4. The Labute approximate surface area is 145 Å². The van der Waals surface area contributed by atoms with Gasteiger partial charge in [0.25, 0.3) is 5.69 Å². The van der Waals surface area contributed by atoms with Crippen molar-refractivity contribution in [1.82, 2.24) is 15.0 Å². The van der Waals surface area contributed by atoms with Crippen LogP contribution in [0.2, 0.25) is 5.02 Å². The fraction of sp³-hybridized carbons (Fsp3) is 0.0625. The first kappa shape index (κ1) is 15.0. The normalized spacial score (nSPS) is 11.4. The minimum absolute atomic E-state index is 0.101. The molecule has 120 valence electrons. The maximum absolute atomic E-state index is 11.2. The summed E-state index contributed by atoms with van der Waals surface area (Å²) in [6.07, 6.45) is 1.78. The van der Waals surface area contributed by atoms with Crippen LogP contribution in [0.1, 0.15) is 5.56 Å². The van der Waals surface area contributed by atoms with Crippen LogP contribution in [0.4, 0.5) is 5.69 Å². The lowest BCUT2D eigenvalue weighted by atomic mass is 10.1. The maximum Gasteiger partial charge on any atom is 0.279 e. The number of aryl methyl sites for hydroxylation is 1. The van der Waals surface area contributed by atoms with Crippen molar-refractivity contribution in [3.8, 4) is 0 Å². The van der Waals surface area contributed by atoms with Crippen molar-refractivity contribution in [2.24, 2.45) is 0 Å². The van der Waals surface area contributed by atoms with Crippen molar-refractivity contribution in [2.75, 3.05) is 0 Å². The summed E-state index contributed by atoms with van der Waals surface area (Å²) in [6, 6.07) is 8.73. The molecule has 6 nitrogen and oxygen atoms in total. The Hall–Kier alpha value is -2.51. The number of fused-ring (bicyclic) bond motifs is 2. The molecule has 4 aromatic rings. The molecule has 0 atom stereocenters. The first-order valence-corrected chi connectivity index (χ1v) is 8.30. The largest absolute Gasteiger partial charge is 0.360 e. The number of nitro benzene ring substituents is 1. The van der Waals surface area contributed by atoms with E-state index in [-0.39, 0.29) is 10.6 Å². The fourth-order valence-electron chi connectivity index (χ4n) is 2.72. The molecule has 0 bridgehead atoms. The highest BCUT2D eigenvalue weighted by Gasteiger charge is 2.19. The minimum atomic E-state index is -0.360. The number of H-pyrrole nitrogens is 2. The van der Waals surface area contributed by atoms with Crippen LogP contribution in [-0.2, 0) is 0 Å². The molecule has 24 heavy (non-hydrogen) atoms. The molecule has 2 N–H and O–H groups in total. The predicted octanol–water partition coefficient (Wildman–Crippen LogP) is 5.07. The monoisotopic (exact) mass is 358 g/mol. The molecule has 0 radical (unpaired) electrons. The second kappa shape index (κ2) is 5.54. The molecule has 2 heterocycles. The van der Waals surface area contributed by atoms with Crippen LogP contribution in [-0.4, -0.2) is 19.9 Å². The van der Waals surface area contributed by atoms with Crippen molar-refractivity contribution < 1.29 is 4.92 Å². The third-order valence-corrected chi connectivity index (χ3v) is 4.98. The zero-order chi connectivity index (χ0) is 16.8. The molecule has 2 aromatic carbocycles. The Morgan fingerprint density at radius 3 is 2.92 bits per heavy atom. The highest BCUT2D eigenvalue weighted by molar-refractivity contribution is 7.99. The topological polar surface area (TPSA) is 87.6 Å². The van der Waals surface area contributed by atoms with Gasteiger partial charge in [0.15, 0.2) is 5.16 Å². The Balaban J connectivity index is 1.81. The lowest BCUT2D eigenvalue weighted by Crippen LogP contribution is -1.90. The van der Waals surface area contributed by atoms with Gasteiger partial charge in [-0.25, -0.2) is 4.98 Å². The first-order valence-electron chi connectivity index (χ1n) is 7.11. The highest BCUT2D eigenvalue weighted by atomic mass is 35.5. The van der Waals surface area contributed by atoms with Crippen LogP contribution >= 0.6 is 23.4 Å². The van der Waals surface area contributed by atoms with Crippen LogP contribution in [0, 0.1) is 17.0 Å². The summed E-state index contributed by atoms with van der Waals surface area (Å²) in [5.74, 6) is 0. The van der Waals surface area contributed by atoms with Gasteiger partial charge in [-0.15, -0.1) is 0 Å². The van der Waals surface area contributed by atoms with Gasteiger partial charge in [0.1, 0.15) is 0 Å². The third-order valence-electron chi connectivity index (χ3n) is 3.80. The molecule has 2 aromatic heterocycles. The van der Waals surface area contributed by atoms with Gasteiger partial charge in [-0.2, -0.15) is 0 Å². The SMILES string of the molecule is Cc1c[nH]c2c(Sc3nc4ccc(Cl)cc4[nH]3)ccc([N+](=O)[O-])c12. The number of rotatable bonds is 3. The van der Waals surface area contributed by atoms with E-state index in [0.717, 1.165) is 27.0 Å². The number of benzene rings is 2. The molecule has 0 saturated heterocycles. The molecule has 0 unspecified atom stereocenters. The Morgan fingerprint density at radius 2 is 2.12 bits per heavy atom. The van der Waals surface area contributed by atoms with Crippen LogP contribution in [0.25, 0.3) is 21.9 Å². The van der Waals surface area contributed by atoms with E-state index in [1.54, 1.807) is 18.3 Å².